The molecule has 1 aromatic rings. The van der Waals surface area contributed by atoms with Gasteiger partial charge < -0.3 is 5.73 Å². The van der Waals surface area contributed by atoms with Crippen LogP contribution in [-0.4, -0.2) is 14.0 Å². The van der Waals surface area contributed by atoms with Gasteiger partial charge in [-0.3, -0.25) is 0 Å². The van der Waals surface area contributed by atoms with Gasteiger partial charge in [-0.1, -0.05) is 31.4 Å². The van der Waals surface area contributed by atoms with Gasteiger partial charge in [-0.25, -0.2) is 13.1 Å². The van der Waals surface area contributed by atoms with E-state index in [0.717, 1.165) is 36.8 Å². The average Bonchev–Trinajstić information content (AvgIpc) is 2.38. The third-order valence-electron chi connectivity index (χ3n) is 4.24. The Kier molecular flexibility index (Phi) is 4.52. The largest absolute Gasteiger partial charge is 0.326 e. The summed E-state index contributed by atoms with van der Waals surface area (Å²) in [5.41, 5.74) is 6.97. The Bertz CT molecular complexity index is 576. The molecule has 0 bridgehead atoms. The fraction of sp³-hybridized carbons (Fsp3) is 0.600. The molecule has 0 unspecified atom stereocenters. The van der Waals surface area contributed by atoms with Gasteiger partial charge in [0, 0.05) is 12.1 Å². The Balaban J connectivity index is 2.31. The van der Waals surface area contributed by atoms with E-state index in [1.54, 1.807) is 12.1 Å². The first kappa shape index (κ1) is 15.5. The molecule has 4 nitrogen and oxygen atoms in total. The smallest absolute Gasteiger partial charge is 0.241 e. The number of nitrogens with one attached hydrogen (secondary N) is 1. The van der Waals surface area contributed by atoms with E-state index in [4.69, 9.17) is 5.73 Å². The van der Waals surface area contributed by atoms with E-state index < -0.39 is 10.0 Å². The topological polar surface area (TPSA) is 72.2 Å². The van der Waals surface area contributed by atoms with Crippen molar-refractivity contribution in [2.75, 3.05) is 0 Å². The van der Waals surface area contributed by atoms with Crippen LogP contribution < -0.4 is 10.5 Å². The fourth-order valence-electron chi connectivity index (χ4n) is 2.99. The average molecular weight is 296 g/mol. The Morgan fingerprint density at radius 1 is 1.25 bits per heavy atom. The van der Waals surface area contributed by atoms with Gasteiger partial charge in [-0.15, -0.1) is 0 Å². The molecule has 0 saturated heterocycles. The van der Waals surface area contributed by atoms with Gasteiger partial charge in [0.05, 0.1) is 4.90 Å². The van der Waals surface area contributed by atoms with E-state index >= 15 is 0 Å². The number of hydrogen-bond acceptors (Lipinski definition) is 3. The van der Waals surface area contributed by atoms with Crippen LogP contribution in [-0.2, 0) is 16.6 Å². The summed E-state index contributed by atoms with van der Waals surface area (Å²) in [7, 11) is -3.49. The zero-order valence-electron chi connectivity index (χ0n) is 12.3. The van der Waals surface area contributed by atoms with Crippen molar-refractivity contribution < 1.29 is 8.42 Å². The van der Waals surface area contributed by atoms with Crippen molar-refractivity contribution in [3.63, 3.8) is 0 Å². The molecule has 5 heteroatoms. The maximum absolute atomic E-state index is 12.6. The Labute approximate surface area is 121 Å². The van der Waals surface area contributed by atoms with Gasteiger partial charge in [0.25, 0.3) is 0 Å². The molecule has 0 heterocycles. The van der Waals surface area contributed by atoms with Crippen molar-refractivity contribution in [2.24, 2.45) is 5.73 Å². The van der Waals surface area contributed by atoms with Crippen molar-refractivity contribution in [3.05, 3.63) is 29.3 Å². The Hall–Kier alpha value is -0.910. The molecule has 0 aliphatic heterocycles. The summed E-state index contributed by atoms with van der Waals surface area (Å²) in [6, 6.07) is 5.28. The molecule has 0 atom stereocenters. The number of rotatable bonds is 4. The van der Waals surface area contributed by atoms with Crippen molar-refractivity contribution in [1.82, 2.24) is 4.72 Å². The maximum atomic E-state index is 12.6. The van der Waals surface area contributed by atoms with Crippen molar-refractivity contribution in [3.8, 4) is 0 Å². The first-order chi connectivity index (χ1) is 9.38. The van der Waals surface area contributed by atoms with E-state index in [1.807, 2.05) is 19.9 Å². The fourth-order valence-corrected chi connectivity index (χ4v) is 4.74. The van der Waals surface area contributed by atoms with Crippen LogP contribution in [0.25, 0.3) is 0 Å². The molecular formula is C15H24N2O2S. The second-order valence-electron chi connectivity index (χ2n) is 5.97. The number of sulfonamides is 1. The van der Waals surface area contributed by atoms with E-state index in [1.165, 1.54) is 6.42 Å². The van der Waals surface area contributed by atoms with Crippen LogP contribution in [0, 0.1) is 6.92 Å². The Morgan fingerprint density at radius 3 is 2.50 bits per heavy atom. The quantitative estimate of drug-likeness (QED) is 0.896. The molecular weight excluding hydrogens is 272 g/mol. The van der Waals surface area contributed by atoms with Crippen molar-refractivity contribution >= 4 is 10.0 Å². The van der Waals surface area contributed by atoms with E-state index in [-0.39, 0.29) is 5.54 Å². The molecule has 0 aromatic heterocycles. The minimum atomic E-state index is -3.49. The van der Waals surface area contributed by atoms with Gasteiger partial charge in [-0.2, -0.15) is 0 Å². The molecule has 1 saturated carbocycles. The lowest BCUT2D eigenvalue weighted by Crippen LogP contribution is -2.47. The number of hydrogen-bond donors (Lipinski definition) is 2. The molecule has 0 radical (unpaired) electrons. The summed E-state index contributed by atoms with van der Waals surface area (Å²) >= 11 is 0. The molecule has 2 rings (SSSR count). The summed E-state index contributed by atoms with van der Waals surface area (Å²) in [5, 5.41) is 0. The lowest BCUT2D eigenvalue weighted by atomic mass is 9.84. The lowest BCUT2D eigenvalue weighted by Gasteiger charge is -2.34. The molecule has 20 heavy (non-hydrogen) atoms. The molecule has 0 spiro atoms. The third kappa shape index (κ3) is 3.22. The first-order valence-corrected chi connectivity index (χ1v) is 8.69. The van der Waals surface area contributed by atoms with Crippen LogP contribution >= 0.6 is 0 Å². The standard InChI is InChI=1S/C15H24N2O2S/c1-12-13(11-16)7-6-8-14(12)20(18,19)17-15(2)9-4-3-5-10-15/h6-8,17H,3-5,9-11,16H2,1-2H3. The first-order valence-electron chi connectivity index (χ1n) is 7.20. The monoisotopic (exact) mass is 296 g/mol. The zero-order valence-corrected chi connectivity index (χ0v) is 13.1. The maximum Gasteiger partial charge on any atom is 0.241 e. The van der Waals surface area contributed by atoms with E-state index in [0.29, 0.717) is 11.4 Å². The molecule has 1 aliphatic carbocycles. The molecule has 1 fully saturated rings. The summed E-state index contributed by atoms with van der Waals surface area (Å²) in [6.45, 7) is 4.18. The van der Waals surface area contributed by atoms with Crippen molar-refractivity contribution in [2.45, 2.75) is 62.9 Å². The van der Waals surface area contributed by atoms with Crippen LogP contribution in [0.4, 0.5) is 0 Å². The van der Waals surface area contributed by atoms with Crippen molar-refractivity contribution in [1.29, 1.82) is 0 Å². The Morgan fingerprint density at radius 2 is 1.90 bits per heavy atom. The third-order valence-corrected chi connectivity index (χ3v) is 6.03. The van der Waals surface area contributed by atoms with Crippen LogP contribution in [0.5, 0.6) is 0 Å². The molecule has 1 aromatic carbocycles. The van der Waals surface area contributed by atoms with Gasteiger partial charge in [-0.05, 0) is 43.9 Å². The van der Waals surface area contributed by atoms with Gasteiger partial charge in [0.2, 0.25) is 10.0 Å². The summed E-state index contributed by atoms with van der Waals surface area (Å²) < 4.78 is 28.2. The molecule has 1 aliphatic rings. The lowest BCUT2D eigenvalue weighted by molar-refractivity contribution is 0.294. The van der Waals surface area contributed by atoms with E-state index in [2.05, 4.69) is 4.72 Å². The SMILES string of the molecule is Cc1c(CN)cccc1S(=O)(=O)NC1(C)CCCCC1. The van der Waals surface area contributed by atoms with Crippen LogP contribution in [0.2, 0.25) is 0 Å². The normalized spacial score (nSPS) is 18.9. The summed E-state index contributed by atoms with van der Waals surface area (Å²) in [4.78, 5) is 0.354. The van der Waals surface area contributed by atoms with Crippen LogP contribution in [0.15, 0.2) is 23.1 Å². The van der Waals surface area contributed by atoms with Gasteiger partial charge in [0.15, 0.2) is 0 Å². The zero-order chi connectivity index (χ0) is 14.8. The molecule has 112 valence electrons. The highest BCUT2D eigenvalue weighted by atomic mass is 32.2. The van der Waals surface area contributed by atoms with E-state index in [9.17, 15) is 8.42 Å². The molecule has 0 amide bonds. The summed E-state index contributed by atoms with van der Waals surface area (Å²) in [5.74, 6) is 0. The minimum Gasteiger partial charge on any atom is -0.326 e. The van der Waals surface area contributed by atoms with Crippen LogP contribution in [0.3, 0.4) is 0 Å². The molecule has 3 N–H and O–H groups in total. The summed E-state index contributed by atoms with van der Waals surface area (Å²) in [6.07, 6.45) is 5.17. The van der Waals surface area contributed by atoms with Gasteiger partial charge in [0.1, 0.15) is 0 Å². The predicted molar refractivity (Wildman–Crippen MR) is 80.9 cm³/mol. The minimum absolute atomic E-state index is 0.317. The second-order valence-corrected chi connectivity index (χ2v) is 7.62. The highest BCUT2D eigenvalue weighted by Gasteiger charge is 2.32. The highest BCUT2D eigenvalue weighted by molar-refractivity contribution is 7.89. The second kappa shape index (κ2) is 5.84. The number of nitrogens with two attached hydrogens (primary N) is 1. The predicted octanol–water partition coefficient (Wildman–Crippen LogP) is 2.45. The van der Waals surface area contributed by atoms with Crippen LogP contribution in [0.1, 0.15) is 50.2 Å². The number of benzene rings is 1. The van der Waals surface area contributed by atoms with Gasteiger partial charge >= 0.3 is 0 Å². The highest BCUT2D eigenvalue weighted by Crippen LogP contribution is 2.30.